The molecule has 130 valence electrons. The summed E-state index contributed by atoms with van der Waals surface area (Å²) in [6.45, 7) is 13.5. The second-order valence-electron chi connectivity index (χ2n) is 7.29. The van der Waals surface area contributed by atoms with Gasteiger partial charge in [-0.25, -0.2) is 0 Å². The Hall–Kier alpha value is -1.25. The average Bonchev–Trinajstić information content (AvgIpc) is 2.41. The number of hydrogen-bond donors (Lipinski definition) is 0. The van der Waals surface area contributed by atoms with E-state index in [0.29, 0.717) is 23.9 Å². The van der Waals surface area contributed by atoms with Crippen molar-refractivity contribution in [2.24, 2.45) is 0 Å². The molecule has 0 radical (unpaired) electrons. The van der Waals surface area contributed by atoms with Gasteiger partial charge in [0.25, 0.3) is 0 Å². The van der Waals surface area contributed by atoms with E-state index in [4.69, 9.17) is 18.3 Å². The number of rotatable bonds is 8. The molecule has 0 spiro atoms. The summed E-state index contributed by atoms with van der Waals surface area (Å²) in [5, 5.41) is 0. The minimum atomic E-state index is -1.76. The van der Waals surface area contributed by atoms with Gasteiger partial charge in [0.1, 0.15) is 0 Å². The summed E-state index contributed by atoms with van der Waals surface area (Å²) in [5.74, 6) is 2.07. The molecule has 1 rings (SSSR count). The molecule has 0 aliphatic rings. The molecule has 0 heterocycles. The van der Waals surface area contributed by atoms with E-state index in [-0.39, 0.29) is 0 Å². The number of methoxy groups -OCH3 is 2. The summed E-state index contributed by atoms with van der Waals surface area (Å²) in [6.07, 6.45) is 4.04. The highest BCUT2D eigenvalue weighted by atomic mass is 28.4. The van der Waals surface area contributed by atoms with Crippen molar-refractivity contribution in [1.82, 2.24) is 0 Å². The van der Waals surface area contributed by atoms with Gasteiger partial charge in [-0.3, -0.25) is 0 Å². The number of hydrogen-bond acceptors (Lipinski definition) is 4. The van der Waals surface area contributed by atoms with Gasteiger partial charge in [0, 0.05) is 0 Å². The van der Waals surface area contributed by atoms with Crippen LogP contribution in [0, 0.1) is 0 Å². The van der Waals surface area contributed by atoms with Gasteiger partial charge in [-0.05, 0) is 57.0 Å². The molecule has 1 aromatic carbocycles. The molecule has 0 saturated heterocycles. The molecule has 0 aromatic heterocycles. The van der Waals surface area contributed by atoms with Crippen LogP contribution in [0.2, 0.25) is 39.3 Å². The van der Waals surface area contributed by atoms with Gasteiger partial charge in [-0.2, -0.15) is 0 Å². The first-order valence-electron chi connectivity index (χ1n) is 7.81. The van der Waals surface area contributed by atoms with Crippen molar-refractivity contribution in [3.8, 4) is 17.2 Å². The fourth-order valence-corrected chi connectivity index (χ4v) is 3.30. The molecule has 1 aromatic rings. The topological polar surface area (TPSA) is 36.9 Å². The van der Waals surface area contributed by atoms with Crippen molar-refractivity contribution >= 4 is 22.7 Å². The van der Waals surface area contributed by atoms with Gasteiger partial charge in [0.2, 0.25) is 8.32 Å². The molecular formula is C17H30O4Si2. The smallest absolute Gasteiger partial charge is 0.242 e. The normalized spacial score (nSPS) is 12.5. The molecule has 0 fully saturated rings. The van der Waals surface area contributed by atoms with Gasteiger partial charge in [0.15, 0.2) is 25.6 Å². The van der Waals surface area contributed by atoms with Crippen molar-refractivity contribution in [2.45, 2.75) is 39.3 Å². The van der Waals surface area contributed by atoms with E-state index in [9.17, 15) is 0 Å². The van der Waals surface area contributed by atoms with Crippen molar-refractivity contribution in [1.29, 1.82) is 0 Å². The van der Waals surface area contributed by atoms with Crippen LogP contribution >= 0.6 is 0 Å². The molecule has 0 amide bonds. The van der Waals surface area contributed by atoms with Gasteiger partial charge in [-0.1, -0.05) is 12.2 Å². The minimum absolute atomic E-state index is 0.619. The average molecular weight is 355 g/mol. The Bertz CT molecular complexity index is 517. The van der Waals surface area contributed by atoms with Crippen molar-refractivity contribution in [3.05, 3.63) is 23.8 Å². The van der Waals surface area contributed by atoms with Crippen LogP contribution in [0.1, 0.15) is 5.56 Å². The third-order valence-electron chi connectivity index (χ3n) is 2.81. The molecular weight excluding hydrogens is 324 g/mol. The standard InChI is InChI=1S/C17H30O4Si2/c1-18-15-12-14(10-9-11-20-22(3,4)5)13-16(19-2)17(15)21-23(6,7)8/h9-10,12-13H,11H2,1-8H3/b10-9+. The highest BCUT2D eigenvalue weighted by Crippen LogP contribution is 2.40. The van der Waals surface area contributed by atoms with E-state index in [1.807, 2.05) is 24.3 Å². The maximum Gasteiger partial charge on any atom is 0.242 e. The lowest BCUT2D eigenvalue weighted by Gasteiger charge is -2.23. The lowest BCUT2D eigenvalue weighted by molar-refractivity contribution is 0.358. The molecule has 0 aliphatic heterocycles. The molecule has 4 nitrogen and oxygen atoms in total. The molecule has 0 saturated carbocycles. The molecule has 0 aliphatic carbocycles. The highest BCUT2D eigenvalue weighted by Gasteiger charge is 2.22. The Morgan fingerprint density at radius 3 is 1.78 bits per heavy atom. The number of ether oxygens (including phenoxy) is 2. The molecule has 0 unspecified atom stereocenters. The lowest BCUT2D eigenvalue weighted by Crippen LogP contribution is -2.29. The fourth-order valence-electron chi connectivity index (χ4n) is 1.89. The molecule has 0 atom stereocenters. The quantitative estimate of drug-likeness (QED) is 0.629. The van der Waals surface area contributed by atoms with E-state index in [2.05, 4.69) is 39.3 Å². The third kappa shape index (κ3) is 7.24. The largest absolute Gasteiger partial charge is 0.539 e. The van der Waals surface area contributed by atoms with Crippen LogP contribution in [0.4, 0.5) is 0 Å². The zero-order chi connectivity index (χ0) is 17.7. The molecule has 6 heteroatoms. The lowest BCUT2D eigenvalue weighted by atomic mass is 10.1. The maximum atomic E-state index is 6.12. The predicted octanol–water partition coefficient (Wildman–Crippen LogP) is 4.78. The second kappa shape index (κ2) is 8.03. The number of benzene rings is 1. The van der Waals surface area contributed by atoms with Crippen LogP contribution in [0.3, 0.4) is 0 Å². The molecule has 0 N–H and O–H groups in total. The summed E-state index contributed by atoms with van der Waals surface area (Å²) >= 11 is 0. The van der Waals surface area contributed by atoms with E-state index in [0.717, 1.165) is 5.56 Å². The van der Waals surface area contributed by atoms with Crippen molar-refractivity contribution in [2.75, 3.05) is 20.8 Å². The molecule has 23 heavy (non-hydrogen) atoms. The summed E-state index contributed by atoms with van der Waals surface area (Å²) < 4.78 is 22.9. The van der Waals surface area contributed by atoms with E-state index in [1.54, 1.807) is 14.2 Å². The van der Waals surface area contributed by atoms with E-state index < -0.39 is 16.6 Å². The first kappa shape index (κ1) is 19.8. The maximum absolute atomic E-state index is 6.12. The zero-order valence-corrected chi connectivity index (χ0v) is 17.6. The molecule has 0 bridgehead atoms. The van der Waals surface area contributed by atoms with E-state index >= 15 is 0 Å². The van der Waals surface area contributed by atoms with Gasteiger partial charge in [-0.15, -0.1) is 0 Å². The Balaban J connectivity index is 3.01. The van der Waals surface area contributed by atoms with Gasteiger partial charge < -0.3 is 18.3 Å². The van der Waals surface area contributed by atoms with Crippen LogP contribution in [-0.2, 0) is 4.43 Å². The van der Waals surface area contributed by atoms with Crippen LogP contribution in [0.25, 0.3) is 6.08 Å². The van der Waals surface area contributed by atoms with Crippen LogP contribution < -0.4 is 13.9 Å². The summed E-state index contributed by atoms with van der Waals surface area (Å²) in [7, 11) is 0.0539. The van der Waals surface area contributed by atoms with Gasteiger partial charge in [0.05, 0.1) is 20.8 Å². The Kier molecular flexibility index (Phi) is 6.91. The highest BCUT2D eigenvalue weighted by molar-refractivity contribution is 6.70. The Morgan fingerprint density at radius 1 is 0.870 bits per heavy atom. The van der Waals surface area contributed by atoms with E-state index in [1.165, 1.54) is 0 Å². The predicted molar refractivity (Wildman–Crippen MR) is 102 cm³/mol. The second-order valence-corrected chi connectivity index (χ2v) is 16.2. The minimum Gasteiger partial charge on any atom is -0.539 e. The van der Waals surface area contributed by atoms with Gasteiger partial charge >= 0.3 is 0 Å². The Morgan fingerprint density at radius 2 is 1.39 bits per heavy atom. The first-order chi connectivity index (χ1) is 10.6. The monoisotopic (exact) mass is 354 g/mol. The van der Waals surface area contributed by atoms with Crippen LogP contribution in [0.15, 0.2) is 18.2 Å². The fraction of sp³-hybridized carbons (Fsp3) is 0.529. The summed E-state index contributed by atoms with van der Waals surface area (Å²) in [6, 6.07) is 3.92. The van der Waals surface area contributed by atoms with Crippen LogP contribution in [-0.4, -0.2) is 37.5 Å². The van der Waals surface area contributed by atoms with Crippen molar-refractivity contribution < 1.29 is 18.3 Å². The Labute approximate surface area is 142 Å². The first-order valence-corrected chi connectivity index (χ1v) is 14.6. The SMILES string of the molecule is COc1cc(/C=C/CO[Si](C)(C)C)cc(OC)c1O[Si](C)(C)C. The van der Waals surface area contributed by atoms with Crippen LogP contribution in [0.5, 0.6) is 17.2 Å². The summed E-state index contributed by atoms with van der Waals surface area (Å²) in [5.41, 5.74) is 1.00. The zero-order valence-electron chi connectivity index (χ0n) is 15.6. The third-order valence-corrected chi connectivity index (χ3v) is 4.66. The van der Waals surface area contributed by atoms with Crippen molar-refractivity contribution in [3.63, 3.8) is 0 Å². The summed E-state index contributed by atoms with van der Waals surface area (Å²) in [4.78, 5) is 0.